The van der Waals surface area contributed by atoms with Gasteiger partial charge in [-0.2, -0.15) is 0 Å². The van der Waals surface area contributed by atoms with Gasteiger partial charge in [-0.15, -0.1) is 0 Å². The number of halogens is 1. The van der Waals surface area contributed by atoms with Gasteiger partial charge in [-0.05, 0) is 53.0 Å². The molecule has 0 aromatic heterocycles. The number of hydrogen-bond donors (Lipinski definition) is 1. The molecule has 1 aromatic carbocycles. The molecule has 3 heteroatoms. The molecule has 2 rings (SSSR count). The Morgan fingerprint density at radius 1 is 1.20 bits per heavy atom. The van der Waals surface area contributed by atoms with E-state index >= 15 is 0 Å². The first kappa shape index (κ1) is 15.8. The molecule has 0 amide bonds. The van der Waals surface area contributed by atoms with Gasteiger partial charge in [0.05, 0.1) is 0 Å². The summed E-state index contributed by atoms with van der Waals surface area (Å²) in [7, 11) is 0. The average Bonchev–Trinajstić information content (AvgIpc) is 2.39. The first-order valence-corrected chi connectivity index (χ1v) is 8.52. The van der Waals surface area contributed by atoms with E-state index in [1.807, 2.05) is 12.3 Å². The maximum Gasteiger partial charge on any atom is 0.128 e. The van der Waals surface area contributed by atoms with Gasteiger partial charge in [-0.1, -0.05) is 40.0 Å². The first-order valence-electron chi connectivity index (χ1n) is 7.44. The third kappa shape index (κ3) is 3.96. The lowest BCUT2D eigenvalue weighted by molar-refractivity contribution is 0.441. The van der Waals surface area contributed by atoms with Gasteiger partial charge < -0.3 is 5.11 Å². The molecule has 0 saturated heterocycles. The SMILES string of the molecule is CC(C)(C)c1cc(I)cc(/C=N/C2CCCCC2)c1O. The Kier molecular flexibility index (Phi) is 5.10. The second-order valence-corrected chi connectivity index (χ2v) is 7.96. The molecule has 0 heterocycles. The summed E-state index contributed by atoms with van der Waals surface area (Å²) in [6.07, 6.45) is 8.17. The molecule has 1 fully saturated rings. The second kappa shape index (κ2) is 6.46. The van der Waals surface area contributed by atoms with Crippen LogP contribution in [0.5, 0.6) is 5.75 Å². The monoisotopic (exact) mass is 385 g/mol. The first-order chi connectivity index (χ1) is 9.38. The summed E-state index contributed by atoms with van der Waals surface area (Å²) in [6.45, 7) is 6.38. The van der Waals surface area contributed by atoms with Crippen molar-refractivity contribution in [2.24, 2.45) is 4.99 Å². The molecule has 2 nitrogen and oxygen atoms in total. The fraction of sp³-hybridized carbons (Fsp3) is 0.588. The highest BCUT2D eigenvalue weighted by molar-refractivity contribution is 14.1. The van der Waals surface area contributed by atoms with Crippen molar-refractivity contribution in [1.82, 2.24) is 0 Å². The van der Waals surface area contributed by atoms with Crippen LogP contribution < -0.4 is 0 Å². The molecule has 0 unspecified atom stereocenters. The zero-order valence-corrected chi connectivity index (χ0v) is 14.8. The van der Waals surface area contributed by atoms with Gasteiger partial charge in [-0.3, -0.25) is 4.99 Å². The second-order valence-electron chi connectivity index (χ2n) is 6.71. The normalized spacial score (nSPS) is 17.8. The summed E-state index contributed by atoms with van der Waals surface area (Å²) in [5.74, 6) is 0.387. The van der Waals surface area contributed by atoms with Gasteiger partial charge in [-0.25, -0.2) is 0 Å². The van der Waals surface area contributed by atoms with Crippen LogP contribution in [0.3, 0.4) is 0 Å². The minimum atomic E-state index is -0.0569. The lowest BCUT2D eigenvalue weighted by Crippen LogP contribution is -2.13. The van der Waals surface area contributed by atoms with E-state index in [0.29, 0.717) is 11.8 Å². The molecule has 0 bridgehead atoms. The standard InChI is InChI=1S/C17H24INO/c1-17(2,3)15-10-13(18)9-12(16(15)20)11-19-14-7-5-4-6-8-14/h9-11,14,20H,4-8H2,1-3H3/b19-11+. The number of nitrogens with zero attached hydrogens (tertiary/aromatic N) is 1. The molecule has 0 atom stereocenters. The number of rotatable bonds is 2. The Hall–Kier alpha value is -0.580. The van der Waals surface area contributed by atoms with Gasteiger partial charge >= 0.3 is 0 Å². The van der Waals surface area contributed by atoms with Crippen molar-refractivity contribution >= 4 is 28.8 Å². The molecular formula is C17H24INO. The minimum absolute atomic E-state index is 0.0569. The molecule has 20 heavy (non-hydrogen) atoms. The molecule has 0 spiro atoms. The third-order valence-electron chi connectivity index (χ3n) is 3.91. The highest BCUT2D eigenvalue weighted by Crippen LogP contribution is 2.34. The zero-order chi connectivity index (χ0) is 14.8. The maximum atomic E-state index is 10.5. The predicted octanol–water partition coefficient (Wildman–Crippen LogP) is 5.05. The van der Waals surface area contributed by atoms with Gasteiger partial charge in [0.15, 0.2) is 0 Å². The van der Waals surface area contributed by atoms with Crippen LogP contribution in [0.15, 0.2) is 17.1 Å². The van der Waals surface area contributed by atoms with Gasteiger partial charge in [0.1, 0.15) is 5.75 Å². The third-order valence-corrected chi connectivity index (χ3v) is 4.53. The zero-order valence-electron chi connectivity index (χ0n) is 12.6. The number of aliphatic imine (C=N–C) groups is 1. The highest BCUT2D eigenvalue weighted by Gasteiger charge is 2.20. The lowest BCUT2D eigenvalue weighted by atomic mass is 9.85. The Balaban J connectivity index is 2.27. The molecule has 0 radical (unpaired) electrons. The van der Waals surface area contributed by atoms with Crippen LogP contribution in [0.4, 0.5) is 0 Å². The molecule has 1 aromatic rings. The fourth-order valence-corrected chi connectivity index (χ4v) is 3.35. The van der Waals surface area contributed by atoms with Crippen molar-refractivity contribution in [3.05, 3.63) is 26.8 Å². The summed E-state index contributed by atoms with van der Waals surface area (Å²) in [6, 6.07) is 4.52. The van der Waals surface area contributed by atoms with E-state index in [-0.39, 0.29) is 5.41 Å². The number of hydrogen-bond acceptors (Lipinski definition) is 2. The summed E-state index contributed by atoms with van der Waals surface area (Å²) < 4.78 is 1.15. The molecule has 1 saturated carbocycles. The quantitative estimate of drug-likeness (QED) is 0.561. The van der Waals surface area contributed by atoms with E-state index in [1.54, 1.807) is 0 Å². The van der Waals surface area contributed by atoms with Gasteiger partial charge in [0, 0.05) is 27.0 Å². The molecule has 1 aliphatic carbocycles. The Morgan fingerprint density at radius 2 is 1.85 bits per heavy atom. The van der Waals surface area contributed by atoms with Crippen LogP contribution in [0.1, 0.15) is 64.0 Å². The number of benzene rings is 1. The largest absolute Gasteiger partial charge is 0.507 e. The van der Waals surface area contributed by atoms with E-state index in [1.165, 1.54) is 32.1 Å². The summed E-state index contributed by atoms with van der Waals surface area (Å²) >= 11 is 2.31. The van der Waals surface area contributed by atoms with Crippen molar-refractivity contribution in [3.63, 3.8) is 0 Å². The average molecular weight is 385 g/mol. The van der Waals surface area contributed by atoms with E-state index in [4.69, 9.17) is 4.99 Å². The van der Waals surface area contributed by atoms with Crippen molar-refractivity contribution in [1.29, 1.82) is 0 Å². The summed E-state index contributed by atoms with van der Waals surface area (Å²) in [5.41, 5.74) is 1.79. The maximum absolute atomic E-state index is 10.5. The Morgan fingerprint density at radius 3 is 2.45 bits per heavy atom. The van der Waals surface area contributed by atoms with Crippen LogP contribution in [0, 0.1) is 3.57 Å². The van der Waals surface area contributed by atoms with Crippen molar-refractivity contribution in [2.45, 2.75) is 64.3 Å². The van der Waals surface area contributed by atoms with Crippen LogP contribution >= 0.6 is 22.6 Å². The van der Waals surface area contributed by atoms with Crippen LogP contribution in [-0.4, -0.2) is 17.4 Å². The molecular weight excluding hydrogens is 361 g/mol. The summed E-state index contributed by atoms with van der Waals surface area (Å²) in [4.78, 5) is 4.69. The van der Waals surface area contributed by atoms with Crippen molar-refractivity contribution < 1.29 is 5.11 Å². The van der Waals surface area contributed by atoms with Crippen LogP contribution in [0.25, 0.3) is 0 Å². The highest BCUT2D eigenvalue weighted by atomic mass is 127. The number of aromatic hydroxyl groups is 1. The van der Waals surface area contributed by atoms with Crippen molar-refractivity contribution in [2.75, 3.05) is 0 Å². The number of phenols is 1. The van der Waals surface area contributed by atoms with E-state index in [0.717, 1.165) is 14.7 Å². The smallest absolute Gasteiger partial charge is 0.128 e. The van der Waals surface area contributed by atoms with E-state index in [2.05, 4.69) is 49.4 Å². The fourth-order valence-electron chi connectivity index (χ4n) is 2.71. The van der Waals surface area contributed by atoms with Gasteiger partial charge in [0.25, 0.3) is 0 Å². The van der Waals surface area contributed by atoms with Crippen molar-refractivity contribution in [3.8, 4) is 5.75 Å². The van der Waals surface area contributed by atoms with Crippen LogP contribution in [0.2, 0.25) is 0 Å². The predicted molar refractivity (Wildman–Crippen MR) is 94.0 cm³/mol. The number of phenolic OH excluding ortho intramolecular Hbond substituents is 1. The molecule has 1 aliphatic rings. The Labute approximate surface area is 135 Å². The molecule has 110 valence electrons. The lowest BCUT2D eigenvalue weighted by Gasteiger charge is -2.22. The van der Waals surface area contributed by atoms with Gasteiger partial charge in [0.2, 0.25) is 0 Å². The topological polar surface area (TPSA) is 32.6 Å². The van der Waals surface area contributed by atoms with Crippen LogP contribution in [-0.2, 0) is 5.41 Å². The van der Waals surface area contributed by atoms with E-state index in [9.17, 15) is 5.11 Å². The Bertz CT molecular complexity index is 496. The van der Waals surface area contributed by atoms with E-state index < -0.39 is 0 Å². The molecule has 0 aliphatic heterocycles. The summed E-state index contributed by atoms with van der Waals surface area (Å²) in [5, 5.41) is 10.5. The molecule has 1 N–H and O–H groups in total. The minimum Gasteiger partial charge on any atom is -0.507 e.